The standard InChI is InChI=1S/C14H14F2N2O/c1-2-14(15,16)19-10-11-5-3-6-12(9-11)13-17-7-4-8-18-13/h3-9H,2,10H2,1H3. The summed E-state index contributed by atoms with van der Waals surface area (Å²) in [4.78, 5) is 8.23. The summed E-state index contributed by atoms with van der Waals surface area (Å²) in [5, 5.41) is 0. The van der Waals surface area contributed by atoms with Gasteiger partial charge in [-0.1, -0.05) is 25.1 Å². The van der Waals surface area contributed by atoms with Gasteiger partial charge in [-0.3, -0.25) is 0 Å². The van der Waals surface area contributed by atoms with E-state index in [0.29, 0.717) is 11.4 Å². The molecule has 0 radical (unpaired) electrons. The van der Waals surface area contributed by atoms with Crippen molar-refractivity contribution in [1.82, 2.24) is 9.97 Å². The van der Waals surface area contributed by atoms with Crippen molar-refractivity contribution >= 4 is 0 Å². The molecule has 0 spiro atoms. The molecule has 1 heterocycles. The number of hydrogen-bond acceptors (Lipinski definition) is 3. The first-order valence-electron chi connectivity index (χ1n) is 5.99. The van der Waals surface area contributed by atoms with E-state index >= 15 is 0 Å². The Kier molecular flexibility index (Phi) is 4.16. The van der Waals surface area contributed by atoms with E-state index in [-0.39, 0.29) is 13.0 Å². The second-order valence-electron chi connectivity index (χ2n) is 4.05. The maximum Gasteiger partial charge on any atom is 0.355 e. The Morgan fingerprint density at radius 2 is 1.89 bits per heavy atom. The van der Waals surface area contributed by atoms with E-state index in [1.54, 1.807) is 36.7 Å². The molecule has 0 saturated carbocycles. The summed E-state index contributed by atoms with van der Waals surface area (Å²) in [6.07, 6.45) is -0.152. The number of halogens is 2. The molecule has 0 unspecified atom stereocenters. The minimum atomic E-state index is -3.08. The van der Waals surface area contributed by atoms with Crippen LogP contribution in [0.1, 0.15) is 18.9 Å². The summed E-state index contributed by atoms with van der Waals surface area (Å²) in [5.74, 6) is 0.562. The normalized spacial score (nSPS) is 11.5. The summed E-state index contributed by atoms with van der Waals surface area (Å²) < 4.78 is 30.6. The van der Waals surface area contributed by atoms with Crippen molar-refractivity contribution in [2.75, 3.05) is 0 Å². The fourth-order valence-electron chi connectivity index (χ4n) is 1.54. The van der Waals surface area contributed by atoms with Gasteiger partial charge in [-0.2, -0.15) is 8.78 Å². The predicted molar refractivity (Wildman–Crippen MR) is 67.5 cm³/mol. The maximum atomic E-state index is 13.0. The van der Waals surface area contributed by atoms with Gasteiger partial charge in [0.15, 0.2) is 5.82 Å². The highest BCUT2D eigenvalue weighted by Gasteiger charge is 2.26. The Hall–Kier alpha value is -1.88. The van der Waals surface area contributed by atoms with E-state index < -0.39 is 6.11 Å². The Balaban J connectivity index is 2.12. The van der Waals surface area contributed by atoms with Gasteiger partial charge >= 0.3 is 6.11 Å². The molecular formula is C14H14F2N2O. The molecule has 100 valence electrons. The zero-order chi connectivity index (χ0) is 13.7. The lowest BCUT2D eigenvalue weighted by molar-refractivity contribution is -0.246. The Bertz CT molecular complexity index is 532. The lowest BCUT2D eigenvalue weighted by Crippen LogP contribution is -2.18. The second kappa shape index (κ2) is 5.84. The summed E-state index contributed by atoms with van der Waals surface area (Å²) in [6, 6.07) is 8.81. The molecule has 0 fully saturated rings. The molecule has 0 amide bonds. The van der Waals surface area contributed by atoms with Crippen molar-refractivity contribution in [3.05, 3.63) is 48.3 Å². The lowest BCUT2D eigenvalue weighted by atomic mass is 10.1. The zero-order valence-electron chi connectivity index (χ0n) is 10.5. The molecule has 0 aliphatic heterocycles. The van der Waals surface area contributed by atoms with Gasteiger partial charge in [-0.25, -0.2) is 9.97 Å². The quantitative estimate of drug-likeness (QED) is 0.826. The summed E-state index contributed by atoms with van der Waals surface area (Å²) >= 11 is 0. The number of ether oxygens (including phenoxy) is 1. The van der Waals surface area contributed by atoms with Gasteiger partial charge in [-0.15, -0.1) is 0 Å². The van der Waals surface area contributed by atoms with Crippen molar-refractivity contribution in [2.45, 2.75) is 26.1 Å². The number of benzene rings is 1. The molecular weight excluding hydrogens is 250 g/mol. The Morgan fingerprint density at radius 1 is 1.16 bits per heavy atom. The van der Waals surface area contributed by atoms with Crippen LogP contribution in [-0.4, -0.2) is 16.1 Å². The minimum Gasteiger partial charge on any atom is -0.316 e. The average molecular weight is 264 g/mol. The average Bonchev–Trinajstić information content (AvgIpc) is 2.47. The van der Waals surface area contributed by atoms with Crippen LogP contribution in [0.2, 0.25) is 0 Å². The molecule has 0 saturated heterocycles. The van der Waals surface area contributed by atoms with Crippen LogP contribution >= 0.6 is 0 Å². The van der Waals surface area contributed by atoms with Crippen LogP contribution in [0.5, 0.6) is 0 Å². The highest BCUT2D eigenvalue weighted by atomic mass is 19.3. The highest BCUT2D eigenvalue weighted by molar-refractivity contribution is 5.55. The second-order valence-corrected chi connectivity index (χ2v) is 4.05. The van der Waals surface area contributed by atoms with Crippen molar-refractivity contribution in [1.29, 1.82) is 0 Å². The molecule has 1 aromatic heterocycles. The molecule has 2 aromatic rings. The van der Waals surface area contributed by atoms with Crippen molar-refractivity contribution in [3.63, 3.8) is 0 Å². The third kappa shape index (κ3) is 3.79. The number of alkyl halides is 2. The van der Waals surface area contributed by atoms with E-state index in [4.69, 9.17) is 0 Å². The highest BCUT2D eigenvalue weighted by Crippen LogP contribution is 2.22. The molecule has 0 aliphatic carbocycles. The largest absolute Gasteiger partial charge is 0.355 e. The molecule has 19 heavy (non-hydrogen) atoms. The number of hydrogen-bond donors (Lipinski definition) is 0. The molecule has 0 aliphatic rings. The maximum absolute atomic E-state index is 13.0. The van der Waals surface area contributed by atoms with Crippen LogP contribution in [0.15, 0.2) is 42.7 Å². The van der Waals surface area contributed by atoms with Crippen molar-refractivity contribution in [3.8, 4) is 11.4 Å². The molecule has 1 aromatic carbocycles. The topological polar surface area (TPSA) is 35.0 Å². The number of rotatable bonds is 5. The van der Waals surface area contributed by atoms with Crippen molar-refractivity contribution < 1.29 is 13.5 Å². The number of nitrogens with zero attached hydrogens (tertiary/aromatic N) is 2. The van der Waals surface area contributed by atoms with Crippen LogP contribution in [0, 0.1) is 0 Å². The van der Waals surface area contributed by atoms with E-state index in [1.807, 2.05) is 6.07 Å². The van der Waals surface area contributed by atoms with E-state index in [9.17, 15) is 8.78 Å². The Labute approximate surface area is 110 Å². The van der Waals surface area contributed by atoms with E-state index in [1.165, 1.54) is 6.92 Å². The van der Waals surface area contributed by atoms with Crippen LogP contribution in [0.3, 0.4) is 0 Å². The third-order valence-electron chi connectivity index (χ3n) is 2.61. The van der Waals surface area contributed by atoms with Gasteiger partial charge in [0.25, 0.3) is 0 Å². The fourth-order valence-corrected chi connectivity index (χ4v) is 1.54. The molecule has 0 atom stereocenters. The van der Waals surface area contributed by atoms with Crippen molar-refractivity contribution in [2.24, 2.45) is 0 Å². The number of aromatic nitrogens is 2. The van der Waals surface area contributed by atoms with Gasteiger partial charge < -0.3 is 4.74 Å². The van der Waals surface area contributed by atoms with Gasteiger partial charge in [0.2, 0.25) is 0 Å². The Morgan fingerprint density at radius 3 is 2.58 bits per heavy atom. The van der Waals surface area contributed by atoms with Gasteiger partial charge in [0, 0.05) is 24.4 Å². The first kappa shape index (κ1) is 13.5. The predicted octanol–water partition coefficient (Wildman–Crippen LogP) is 3.66. The van der Waals surface area contributed by atoms with Gasteiger partial charge in [-0.05, 0) is 17.7 Å². The monoisotopic (exact) mass is 264 g/mol. The molecule has 0 N–H and O–H groups in total. The first-order chi connectivity index (χ1) is 9.11. The lowest BCUT2D eigenvalue weighted by Gasteiger charge is -2.14. The molecule has 2 rings (SSSR count). The van der Waals surface area contributed by atoms with Crippen LogP contribution in [0.4, 0.5) is 8.78 Å². The molecule has 3 nitrogen and oxygen atoms in total. The SMILES string of the molecule is CCC(F)(F)OCc1cccc(-c2ncccn2)c1. The molecule has 5 heteroatoms. The zero-order valence-corrected chi connectivity index (χ0v) is 10.5. The van der Waals surface area contributed by atoms with Crippen LogP contribution in [0.25, 0.3) is 11.4 Å². The third-order valence-corrected chi connectivity index (χ3v) is 2.61. The van der Waals surface area contributed by atoms with Crippen LogP contribution < -0.4 is 0 Å². The first-order valence-corrected chi connectivity index (χ1v) is 5.99. The van der Waals surface area contributed by atoms with Gasteiger partial charge in [0.1, 0.15) is 0 Å². The minimum absolute atomic E-state index is 0.137. The smallest absolute Gasteiger partial charge is 0.316 e. The molecule has 0 bridgehead atoms. The van der Waals surface area contributed by atoms with Gasteiger partial charge in [0.05, 0.1) is 6.61 Å². The van der Waals surface area contributed by atoms with Crippen LogP contribution in [-0.2, 0) is 11.3 Å². The van der Waals surface area contributed by atoms with E-state index in [2.05, 4.69) is 14.7 Å². The summed E-state index contributed by atoms with van der Waals surface area (Å²) in [6.45, 7) is 1.25. The summed E-state index contributed by atoms with van der Waals surface area (Å²) in [7, 11) is 0. The van der Waals surface area contributed by atoms with E-state index in [0.717, 1.165) is 5.56 Å². The fraction of sp³-hybridized carbons (Fsp3) is 0.286. The summed E-state index contributed by atoms with van der Waals surface area (Å²) in [5.41, 5.74) is 1.44.